The van der Waals surface area contributed by atoms with Crippen molar-refractivity contribution in [2.45, 2.75) is 19.6 Å². The normalized spacial score (nSPS) is 11.4. The highest BCUT2D eigenvalue weighted by atomic mass is 16.6. The van der Waals surface area contributed by atoms with Crippen LogP contribution in [0.15, 0.2) is 48.5 Å². The molecule has 0 heterocycles. The van der Waals surface area contributed by atoms with Crippen LogP contribution in [0.1, 0.15) is 34.5 Å². The van der Waals surface area contributed by atoms with E-state index in [1.165, 1.54) is 19.1 Å². The molecule has 1 amide bonds. The molecule has 2 rings (SSSR count). The van der Waals surface area contributed by atoms with Crippen LogP contribution in [0.25, 0.3) is 0 Å². The first-order valence-corrected chi connectivity index (χ1v) is 7.38. The Bertz CT molecular complexity index is 791. The number of aromatic carboxylic acids is 1. The maximum absolute atomic E-state index is 11.9. The summed E-state index contributed by atoms with van der Waals surface area (Å²) in [5.74, 6) is -1.41. The van der Waals surface area contributed by atoms with Crippen LogP contribution in [0.5, 0.6) is 0 Å². The van der Waals surface area contributed by atoms with E-state index in [1.807, 2.05) is 6.07 Å². The Balaban J connectivity index is 2.11. The van der Waals surface area contributed by atoms with E-state index in [-0.39, 0.29) is 12.2 Å². The van der Waals surface area contributed by atoms with E-state index in [0.29, 0.717) is 0 Å². The zero-order chi connectivity index (χ0) is 18.4. The second-order valence-corrected chi connectivity index (χ2v) is 5.23. The van der Waals surface area contributed by atoms with Crippen molar-refractivity contribution < 1.29 is 24.4 Å². The van der Waals surface area contributed by atoms with Gasteiger partial charge in [0.15, 0.2) is 0 Å². The minimum absolute atomic E-state index is 0.0522. The average molecular weight is 344 g/mol. The summed E-state index contributed by atoms with van der Waals surface area (Å²) in [5, 5.41) is 22.8. The third-order valence-corrected chi connectivity index (χ3v) is 3.49. The second-order valence-electron chi connectivity index (χ2n) is 5.23. The lowest BCUT2D eigenvalue weighted by molar-refractivity contribution is -0.386. The molecule has 2 aromatic rings. The Morgan fingerprint density at radius 1 is 1.20 bits per heavy atom. The molecule has 0 aliphatic carbocycles. The number of nitrogens with zero attached hydrogens (tertiary/aromatic N) is 1. The Kier molecular flexibility index (Phi) is 5.67. The molecule has 0 aliphatic heterocycles. The van der Waals surface area contributed by atoms with Gasteiger partial charge >= 0.3 is 12.1 Å². The second kappa shape index (κ2) is 7.91. The number of nitro groups is 1. The number of carbonyl (C=O) groups is 2. The van der Waals surface area contributed by atoms with E-state index >= 15 is 0 Å². The van der Waals surface area contributed by atoms with Gasteiger partial charge in [0.05, 0.1) is 16.5 Å². The van der Waals surface area contributed by atoms with Crippen molar-refractivity contribution in [3.05, 3.63) is 75.3 Å². The van der Waals surface area contributed by atoms with Gasteiger partial charge in [0.25, 0.3) is 5.69 Å². The molecule has 0 spiro atoms. The third-order valence-electron chi connectivity index (χ3n) is 3.49. The Labute approximate surface area is 143 Å². The molecule has 25 heavy (non-hydrogen) atoms. The monoisotopic (exact) mass is 344 g/mol. The van der Waals surface area contributed by atoms with Crippen molar-refractivity contribution in [1.29, 1.82) is 0 Å². The zero-order valence-corrected chi connectivity index (χ0v) is 13.3. The highest BCUT2D eigenvalue weighted by Gasteiger charge is 2.27. The largest absolute Gasteiger partial charge is 0.477 e. The van der Waals surface area contributed by atoms with E-state index in [9.17, 15) is 19.7 Å². The van der Waals surface area contributed by atoms with Gasteiger partial charge in [-0.2, -0.15) is 0 Å². The van der Waals surface area contributed by atoms with Gasteiger partial charge in [-0.25, -0.2) is 9.59 Å². The summed E-state index contributed by atoms with van der Waals surface area (Å²) in [4.78, 5) is 33.5. The SMILES string of the molecule is CC(NC(=O)OCc1ccccc1)c1cccc(C(=O)O)c1[N+](=O)[O-]. The molecule has 0 aliphatic rings. The van der Waals surface area contributed by atoms with Crippen LogP contribution < -0.4 is 5.32 Å². The molecule has 0 fully saturated rings. The van der Waals surface area contributed by atoms with Gasteiger partial charge in [-0.3, -0.25) is 10.1 Å². The number of carboxylic acid groups (broad SMARTS) is 1. The summed E-state index contributed by atoms with van der Waals surface area (Å²) < 4.78 is 5.06. The number of alkyl carbamates (subject to hydrolysis) is 1. The van der Waals surface area contributed by atoms with Gasteiger partial charge in [-0.15, -0.1) is 0 Å². The first-order chi connectivity index (χ1) is 11.9. The predicted octanol–water partition coefficient (Wildman–Crippen LogP) is 3.28. The summed E-state index contributed by atoms with van der Waals surface area (Å²) in [6.07, 6.45) is -0.758. The number of amides is 1. The van der Waals surface area contributed by atoms with E-state index in [4.69, 9.17) is 9.84 Å². The van der Waals surface area contributed by atoms with E-state index in [2.05, 4.69) is 5.32 Å². The van der Waals surface area contributed by atoms with Crippen LogP contribution in [-0.2, 0) is 11.3 Å². The molecule has 1 unspecified atom stereocenters. The molecule has 8 nitrogen and oxygen atoms in total. The smallest absolute Gasteiger partial charge is 0.407 e. The van der Waals surface area contributed by atoms with Crippen molar-refractivity contribution in [2.75, 3.05) is 0 Å². The van der Waals surface area contributed by atoms with Crippen LogP contribution in [0.2, 0.25) is 0 Å². The fourth-order valence-corrected chi connectivity index (χ4v) is 2.31. The Hall–Kier alpha value is -3.42. The number of para-hydroxylation sites is 1. The van der Waals surface area contributed by atoms with Gasteiger partial charge in [0.1, 0.15) is 12.2 Å². The van der Waals surface area contributed by atoms with Crippen LogP contribution in [0.4, 0.5) is 10.5 Å². The predicted molar refractivity (Wildman–Crippen MR) is 88.2 cm³/mol. The zero-order valence-electron chi connectivity index (χ0n) is 13.3. The van der Waals surface area contributed by atoms with Crippen molar-refractivity contribution in [2.24, 2.45) is 0 Å². The van der Waals surface area contributed by atoms with Gasteiger partial charge in [0, 0.05) is 0 Å². The Morgan fingerprint density at radius 2 is 1.88 bits per heavy atom. The molecule has 1 atom stereocenters. The third kappa shape index (κ3) is 4.54. The number of benzene rings is 2. The highest BCUT2D eigenvalue weighted by molar-refractivity contribution is 5.93. The van der Waals surface area contributed by atoms with Gasteiger partial charge in [-0.05, 0) is 18.6 Å². The number of nitro benzene ring substituents is 1. The minimum atomic E-state index is -1.41. The molecule has 0 saturated carbocycles. The molecular weight excluding hydrogens is 328 g/mol. The lowest BCUT2D eigenvalue weighted by Crippen LogP contribution is -2.28. The van der Waals surface area contributed by atoms with Crippen molar-refractivity contribution in [1.82, 2.24) is 5.32 Å². The molecular formula is C17H16N2O6. The van der Waals surface area contributed by atoms with Gasteiger partial charge in [-0.1, -0.05) is 42.5 Å². The number of hydrogen-bond donors (Lipinski definition) is 2. The number of hydrogen-bond acceptors (Lipinski definition) is 5. The van der Waals surface area contributed by atoms with Crippen molar-refractivity contribution >= 4 is 17.7 Å². The van der Waals surface area contributed by atoms with E-state index < -0.39 is 34.3 Å². The lowest BCUT2D eigenvalue weighted by Gasteiger charge is -2.15. The molecule has 0 aromatic heterocycles. The highest BCUT2D eigenvalue weighted by Crippen LogP contribution is 2.29. The first kappa shape index (κ1) is 17.9. The van der Waals surface area contributed by atoms with Crippen LogP contribution in [0, 0.1) is 10.1 Å². The van der Waals surface area contributed by atoms with Gasteiger partial charge in [0.2, 0.25) is 0 Å². The maximum Gasteiger partial charge on any atom is 0.407 e. The standard InChI is InChI=1S/C17H16N2O6/c1-11(18-17(22)25-10-12-6-3-2-4-7-12)13-8-5-9-14(16(20)21)15(13)19(23)24/h2-9,11H,10H2,1H3,(H,18,22)(H,20,21). The molecule has 0 radical (unpaired) electrons. The maximum atomic E-state index is 11.9. The minimum Gasteiger partial charge on any atom is -0.477 e. The molecule has 8 heteroatoms. The van der Waals surface area contributed by atoms with Crippen molar-refractivity contribution in [3.63, 3.8) is 0 Å². The topological polar surface area (TPSA) is 119 Å². The summed E-state index contributed by atoms with van der Waals surface area (Å²) in [5.41, 5.74) is -0.106. The fraction of sp³-hybridized carbons (Fsp3) is 0.176. The fourth-order valence-electron chi connectivity index (χ4n) is 2.31. The van der Waals surface area contributed by atoms with Crippen LogP contribution in [-0.4, -0.2) is 22.1 Å². The summed E-state index contributed by atoms with van der Waals surface area (Å²) in [7, 11) is 0. The molecule has 0 saturated heterocycles. The molecule has 2 N–H and O–H groups in total. The van der Waals surface area contributed by atoms with Crippen LogP contribution in [0.3, 0.4) is 0 Å². The summed E-state index contributed by atoms with van der Waals surface area (Å²) in [6, 6.07) is 12.1. The number of ether oxygens (including phenoxy) is 1. The number of rotatable bonds is 6. The van der Waals surface area contributed by atoms with E-state index in [0.717, 1.165) is 11.6 Å². The van der Waals surface area contributed by atoms with Crippen molar-refractivity contribution in [3.8, 4) is 0 Å². The Morgan fingerprint density at radius 3 is 2.48 bits per heavy atom. The summed E-state index contributed by atoms with van der Waals surface area (Å²) in [6.45, 7) is 1.56. The van der Waals surface area contributed by atoms with E-state index in [1.54, 1.807) is 24.3 Å². The first-order valence-electron chi connectivity index (χ1n) is 7.38. The molecule has 130 valence electrons. The lowest BCUT2D eigenvalue weighted by atomic mass is 10.0. The number of nitrogens with one attached hydrogen (secondary N) is 1. The number of carboxylic acids is 1. The summed E-state index contributed by atoms with van der Waals surface area (Å²) >= 11 is 0. The average Bonchev–Trinajstić information content (AvgIpc) is 2.60. The van der Waals surface area contributed by atoms with Gasteiger partial charge < -0.3 is 15.2 Å². The number of carbonyl (C=O) groups excluding carboxylic acids is 1. The molecule has 2 aromatic carbocycles. The molecule has 0 bridgehead atoms. The quantitative estimate of drug-likeness (QED) is 0.613. The van der Waals surface area contributed by atoms with Crippen LogP contribution >= 0.6 is 0 Å².